The molecule has 1 heterocycles. The van der Waals surface area contributed by atoms with Crippen LogP contribution in [0.4, 0.5) is 5.69 Å². The van der Waals surface area contributed by atoms with Gasteiger partial charge in [0.1, 0.15) is 5.75 Å². The Hall–Kier alpha value is -2.73. The van der Waals surface area contributed by atoms with E-state index in [2.05, 4.69) is 56.5 Å². The average Bonchev–Trinajstić information content (AvgIpc) is 2.75. The Balaban J connectivity index is 1.54. The molecule has 0 radical (unpaired) electrons. The number of aliphatic imine (C=N–C) groups is 1. The molecular formula is C22H30N4O2. The Bertz CT molecular complexity index is 786. The Labute approximate surface area is 167 Å². The first-order valence-electron chi connectivity index (χ1n) is 9.65. The Morgan fingerprint density at radius 2 is 1.75 bits per heavy atom. The summed E-state index contributed by atoms with van der Waals surface area (Å²) >= 11 is 0. The fourth-order valence-corrected chi connectivity index (χ4v) is 3.49. The summed E-state index contributed by atoms with van der Waals surface area (Å²) in [4.78, 5) is 9.18. The maximum absolute atomic E-state index is 5.35. The van der Waals surface area contributed by atoms with Crippen LogP contribution in [0.3, 0.4) is 0 Å². The number of guanidine groups is 1. The van der Waals surface area contributed by atoms with Gasteiger partial charge in [-0.3, -0.25) is 4.99 Å². The number of hydrogen-bond donors (Lipinski definition) is 1. The molecule has 2 aromatic carbocycles. The molecule has 0 bridgehead atoms. The maximum Gasteiger partial charge on any atom is 0.194 e. The van der Waals surface area contributed by atoms with Crippen molar-refractivity contribution in [1.82, 2.24) is 10.2 Å². The fourth-order valence-electron chi connectivity index (χ4n) is 3.49. The van der Waals surface area contributed by atoms with Gasteiger partial charge in [-0.2, -0.15) is 0 Å². The van der Waals surface area contributed by atoms with E-state index in [4.69, 9.17) is 9.47 Å². The van der Waals surface area contributed by atoms with E-state index in [-0.39, 0.29) is 0 Å². The molecule has 6 nitrogen and oxygen atoms in total. The molecule has 1 fully saturated rings. The second-order valence-corrected chi connectivity index (χ2v) is 6.83. The Morgan fingerprint density at radius 3 is 2.46 bits per heavy atom. The van der Waals surface area contributed by atoms with E-state index in [1.54, 1.807) is 14.2 Å². The number of rotatable bonds is 6. The lowest BCUT2D eigenvalue weighted by atomic mass is 10.1. The van der Waals surface area contributed by atoms with Gasteiger partial charge in [-0.1, -0.05) is 30.3 Å². The average molecular weight is 383 g/mol. The van der Waals surface area contributed by atoms with Gasteiger partial charge in [0, 0.05) is 58.6 Å². The summed E-state index contributed by atoms with van der Waals surface area (Å²) in [5.74, 6) is 1.84. The summed E-state index contributed by atoms with van der Waals surface area (Å²) in [5.41, 5.74) is 3.62. The fraction of sp³-hybridized carbons (Fsp3) is 0.409. The summed E-state index contributed by atoms with van der Waals surface area (Å²) in [7, 11) is 5.27. The van der Waals surface area contributed by atoms with Crippen molar-refractivity contribution in [2.75, 3.05) is 52.3 Å². The zero-order valence-electron chi connectivity index (χ0n) is 17.0. The highest BCUT2D eigenvalue weighted by Gasteiger charge is 2.20. The smallest absolute Gasteiger partial charge is 0.194 e. The topological polar surface area (TPSA) is 49.3 Å². The summed E-state index contributed by atoms with van der Waals surface area (Å²) in [6.45, 7) is 5.16. The molecular weight excluding hydrogens is 352 g/mol. The first-order chi connectivity index (χ1) is 13.7. The minimum absolute atomic E-state index is 0.634. The monoisotopic (exact) mass is 382 g/mol. The Kier molecular flexibility index (Phi) is 7.14. The van der Waals surface area contributed by atoms with Gasteiger partial charge >= 0.3 is 0 Å². The van der Waals surface area contributed by atoms with Crippen molar-refractivity contribution in [2.45, 2.75) is 13.2 Å². The van der Waals surface area contributed by atoms with Crippen molar-refractivity contribution in [2.24, 2.45) is 4.99 Å². The van der Waals surface area contributed by atoms with Crippen molar-refractivity contribution in [3.63, 3.8) is 0 Å². The normalized spacial score (nSPS) is 14.9. The van der Waals surface area contributed by atoms with E-state index in [9.17, 15) is 0 Å². The number of anilines is 1. The van der Waals surface area contributed by atoms with Gasteiger partial charge in [-0.25, -0.2) is 0 Å². The van der Waals surface area contributed by atoms with Crippen LogP contribution in [0.2, 0.25) is 0 Å². The van der Waals surface area contributed by atoms with Crippen LogP contribution in [0.25, 0.3) is 0 Å². The SMILES string of the molecule is CN=C(NCc1cccc(COC)c1)N1CCN(c2cccc(OC)c2)CC1. The van der Waals surface area contributed by atoms with E-state index < -0.39 is 0 Å². The van der Waals surface area contributed by atoms with Gasteiger partial charge in [0.25, 0.3) is 0 Å². The zero-order valence-corrected chi connectivity index (χ0v) is 17.0. The van der Waals surface area contributed by atoms with E-state index in [0.29, 0.717) is 6.61 Å². The van der Waals surface area contributed by atoms with Gasteiger partial charge < -0.3 is 24.6 Å². The largest absolute Gasteiger partial charge is 0.497 e. The molecule has 6 heteroatoms. The van der Waals surface area contributed by atoms with Crippen molar-refractivity contribution in [3.8, 4) is 5.75 Å². The number of benzene rings is 2. The minimum atomic E-state index is 0.634. The molecule has 1 aliphatic rings. The molecule has 1 saturated heterocycles. The zero-order chi connectivity index (χ0) is 19.8. The predicted molar refractivity (Wildman–Crippen MR) is 114 cm³/mol. The summed E-state index contributed by atoms with van der Waals surface area (Å²) < 4.78 is 10.6. The molecule has 1 N–H and O–H groups in total. The van der Waals surface area contributed by atoms with Crippen molar-refractivity contribution >= 4 is 11.6 Å². The molecule has 150 valence electrons. The Morgan fingerprint density at radius 1 is 1.00 bits per heavy atom. The van der Waals surface area contributed by atoms with Crippen LogP contribution in [0.5, 0.6) is 5.75 Å². The minimum Gasteiger partial charge on any atom is -0.497 e. The van der Waals surface area contributed by atoms with Crippen LogP contribution in [-0.2, 0) is 17.9 Å². The van der Waals surface area contributed by atoms with E-state index in [0.717, 1.165) is 44.4 Å². The summed E-state index contributed by atoms with van der Waals surface area (Å²) in [6, 6.07) is 16.7. The third-order valence-corrected chi connectivity index (χ3v) is 4.96. The van der Waals surface area contributed by atoms with Gasteiger partial charge in [-0.05, 0) is 23.3 Å². The van der Waals surface area contributed by atoms with Gasteiger partial charge in [0.2, 0.25) is 0 Å². The van der Waals surface area contributed by atoms with Gasteiger partial charge in [-0.15, -0.1) is 0 Å². The number of nitrogens with zero attached hydrogens (tertiary/aromatic N) is 3. The standard InChI is InChI=1S/C22H30N4O2/c1-23-22(24-16-18-6-4-7-19(14-18)17-27-2)26-12-10-25(11-13-26)20-8-5-9-21(15-20)28-3/h4-9,14-15H,10-13,16-17H2,1-3H3,(H,23,24). The quantitative estimate of drug-likeness (QED) is 0.615. The molecule has 0 aliphatic carbocycles. The van der Waals surface area contributed by atoms with Gasteiger partial charge in [0.05, 0.1) is 13.7 Å². The van der Waals surface area contributed by atoms with Crippen LogP contribution in [0, 0.1) is 0 Å². The molecule has 0 atom stereocenters. The van der Waals surface area contributed by atoms with Crippen molar-refractivity contribution in [3.05, 3.63) is 59.7 Å². The number of piperazine rings is 1. The van der Waals surface area contributed by atoms with Crippen LogP contribution < -0.4 is 15.0 Å². The lowest BCUT2D eigenvalue weighted by Crippen LogP contribution is -2.52. The van der Waals surface area contributed by atoms with Crippen LogP contribution in [0.15, 0.2) is 53.5 Å². The molecule has 0 aromatic heterocycles. The molecule has 28 heavy (non-hydrogen) atoms. The van der Waals surface area contributed by atoms with Crippen LogP contribution in [-0.4, -0.2) is 58.3 Å². The first-order valence-corrected chi connectivity index (χ1v) is 9.65. The van der Waals surface area contributed by atoms with Gasteiger partial charge in [0.15, 0.2) is 5.96 Å². The lowest BCUT2D eigenvalue weighted by Gasteiger charge is -2.37. The highest BCUT2D eigenvalue weighted by atomic mass is 16.5. The van der Waals surface area contributed by atoms with E-state index in [1.807, 2.05) is 19.2 Å². The third kappa shape index (κ3) is 5.16. The number of ether oxygens (including phenoxy) is 2. The lowest BCUT2D eigenvalue weighted by molar-refractivity contribution is 0.185. The molecule has 1 aliphatic heterocycles. The molecule has 0 unspecified atom stereocenters. The molecule has 3 rings (SSSR count). The molecule has 0 saturated carbocycles. The van der Waals surface area contributed by atoms with Crippen molar-refractivity contribution < 1.29 is 9.47 Å². The summed E-state index contributed by atoms with van der Waals surface area (Å²) in [6.07, 6.45) is 0. The maximum atomic E-state index is 5.35. The van der Waals surface area contributed by atoms with E-state index >= 15 is 0 Å². The first kappa shape index (κ1) is 20.0. The molecule has 0 amide bonds. The van der Waals surface area contributed by atoms with E-state index in [1.165, 1.54) is 16.8 Å². The highest BCUT2D eigenvalue weighted by Crippen LogP contribution is 2.22. The molecule has 2 aromatic rings. The van der Waals surface area contributed by atoms with Crippen molar-refractivity contribution in [1.29, 1.82) is 0 Å². The van der Waals surface area contributed by atoms with Crippen LogP contribution in [0.1, 0.15) is 11.1 Å². The highest BCUT2D eigenvalue weighted by molar-refractivity contribution is 5.80. The second kappa shape index (κ2) is 9.99. The predicted octanol–water partition coefficient (Wildman–Crippen LogP) is 2.74. The number of hydrogen-bond acceptors (Lipinski definition) is 4. The molecule has 0 spiro atoms. The number of nitrogens with one attached hydrogen (secondary N) is 1. The number of methoxy groups -OCH3 is 2. The summed E-state index contributed by atoms with van der Waals surface area (Å²) in [5, 5.41) is 3.49. The van der Waals surface area contributed by atoms with Crippen LogP contribution >= 0.6 is 0 Å². The third-order valence-electron chi connectivity index (χ3n) is 4.96. The second-order valence-electron chi connectivity index (χ2n) is 6.83.